The van der Waals surface area contributed by atoms with Crippen LogP contribution in [0, 0.1) is 0 Å². The number of nitrogen functional groups attached to an aromatic ring is 1. The van der Waals surface area contributed by atoms with Crippen molar-refractivity contribution in [3.05, 3.63) is 30.5 Å². The average molecular weight is 309 g/mol. The number of amides is 1. The molecule has 0 atom stereocenters. The molecule has 0 radical (unpaired) electrons. The molecular weight excluding hydrogens is 294 g/mol. The van der Waals surface area contributed by atoms with E-state index in [1.807, 2.05) is 24.3 Å². The Balaban J connectivity index is 1.80. The van der Waals surface area contributed by atoms with Gasteiger partial charge in [-0.2, -0.15) is 0 Å². The van der Waals surface area contributed by atoms with Crippen molar-refractivity contribution >= 4 is 39.8 Å². The molecule has 106 valence electrons. The number of para-hydroxylation sites is 2. The van der Waals surface area contributed by atoms with Gasteiger partial charge < -0.3 is 15.8 Å². The highest BCUT2D eigenvalue weighted by molar-refractivity contribution is 8.01. The number of thiazole rings is 1. The van der Waals surface area contributed by atoms with Crippen molar-refractivity contribution in [1.82, 2.24) is 4.98 Å². The monoisotopic (exact) mass is 309 g/mol. The molecule has 0 aliphatic heterocycles. The third kappa shape index (κ3) is 4.14. The fraction of sp³-hybridized carbons (Fsp3) is 0.231. The summed E-state index contributed by atoms with van der Waals surface area (Å²) in [6.45, 7) is 0. The Morgan fingerprint density at radius 3 is 3.00 bits per heavy atom. The number of thioether (sulfide) groups is 1. The van der Waals surface area contributed by atoms with Gasteiger partial charge in [0.05, 0.1) is 23.2 Å². The Morgan fingerprint density at radius 2 is 2.30 bits per heavy atom. The molecule has 5 nitrogen and oxygen atoms in total. The van der Waals surface area contributed by atoms with Gasteiger partial charge in [-0.15, -0.1) is 11.8 Å². The van der Waals surface area contributed by atoms with Crippen LogP contribution in [0.4, 0.5) is 10.8 Å². The van der Waals surface area contributed by atoms with Gasteiger partial charge in [-0.05, 0) is 12.1 Å². The van der Waals surface area contributed by atoms with Crippen molar-refractivity contribution < 1.29 is 9.53 Å². The first-order valence-corrected chi connectivity index (χ1v) is 7.76. The topological polar surface area (TPSA) is 77.2 Å². The average Bonchev–Trinajstić information content (AvgIpc) is 2.85. The van der Waals surface area contributed by atoms with Crippen LogP contribution in [0.5, 0.6) is 5.75 Å². The van der Waals surface area contributed by atoms with Gasteiger partial charge in [0.1, 0.15) is 5.75 Å². The predicted molar refractivity (Wildman–Crippen MR) is 83.5 cm³/mol. The first-order chi connectivity index (χ1) is 9.69. The maximum atomic E-state index is 11.9. The van der Waals surface area contributed by atoms with E-state index in [1.165, 1.54) is 11.3 Å². The number of nitrogens with zero attached hydrogens (tertiary/aromatic N) is 1. The van der Waals surface area contributed by atoms with Crippen LogP contribution in [0.25, 0.3) is 0 Å². The van der Waals surface area contributed by atoms with Crippen LogP contribution in [0.3, 0.4) is 0 Å². The normalized spacial score (nSPS) is 10.2. The van der Waals surface area contributed by atoms with Crippen molar-refractivity contribution in [3.63, 3.8) is 0 Å². The van der Waals surface area contributed by atoms with Gasteiger partial charge in [0.25, 0.3) is 0 Å². The summed E-state index contributed by atoms with van der Waals surface area (Å²) >= 11 is 3.00. The molecule has 0 fully saturated rings. The van der Waals surface area contributed by atoms with E-state index >= 15 is 0 Å². The summed E-state index contributed by atoms with van der Waals surface area (Å²) in [5, 5.41) is 3.39. The quantitative estimate of drug-likeness (QED) is 0.802. The third-order valence-corrected chi connectivity index (χ3v) is 4.48. The molecule has 2 aromatic rings. The van der Waals surface area contributed by atoms with E-state index in [0.717, 1.165) is 4.21 Å². The number of rotatable bonds is 6. The van der Waals surface area contributed by atoms with E-state index in [0.29, 0.717) is 28.7 Å². The van der Waals surface area contributed by atoms with E-state index in [9.17, 15) is 4.79 Å². The second-order valence-electron chi connectivity index (χ2n) is 3.86. The molecule has 2 rings (SSSR count). The van der Waals surface area contributed by atoms with E-state index < -0.39 is 0 Å². The Morgan fingerprint density at radius 1 is 1.50 bits per heavy atom. The Kier molecular flexibility index (Phi) is 5.25. The molecule has 7 heteroatoms. The zero-order valence-corrected chi connectivity index (χ0v) is 12.6. The second kappa shape index (κ2) is 7.16. The van der Waals surface area contributed by atoms with E-state index in [-0.39, 0.29) is 5.91 Å². The summed E-state index contributed by atoms with van der Waals surface area (Å²) in [6.07, 6.45) is 2.14. The zero-order chi connectivity index (χ0) is 14.4. The lowest BCUT2D eigenvalue weighted by Gasteiger charge is -2.09. The number of methoxy groups -OCH3 is 1. The molecule has 1 amide bonds. The SMILES string of the molecule is COc1ccccc1NC(=O)CCSc1cnc(N)s1. The smallest absolute Gasteiger partial charge is 0.225 e. The lowest BCUT2D eigenvalue weighted by molar-refractivity contribution is -0.115. The van der Waals surface area contributed by atoms with Gasteiger partial charge in [0.15, 0.2) is 5.13 Å². The molecule has 0 aliphatic rings. The highest BCUT2D eigenvalue weighted by Crippen LogP contribution is 2.27. The maximum absolute atomic E-state index is 11.9. The minimum Gasteiger partial charge on any atom is -0.495 e. The molecular formula is C13H15N3O2S2. The number of carbonyl (C=O) groups excluding carboxylic acids is 1. The first kappa shape index (κ1) is 14.7. The molecule has 0 unspecified atom stereocenters. The fourth-order valence-corrected chi connectivity index (χ4v) is 3.32. The fourth-order valence-electron chi connectivity index (χ4n) is 1.54. The van der Waals surface area contributed by atoms with Crippen molar-refractivity contribution in [1.29, 1.82) is 0 Å². The Hall–Kier alpha value is -1.73. The minimum absolute atomic E-state index is 0.0421. The first-order valence-electron chi connectivity index (χ1n) is 5.96. The molecule has 1 heterocycles. The number of anilines is 2. The number of carbonyl (C=O) groups is 1. The van der Waals surface area contributed by atoms with Crippen LogP contribution in [0.1, 0.15) is 6.42 Å². The van der Waals surface area contributed by atoms with Crippen LogP contribution in [-0.2, 0) is 4.79 Å². The largest absolute Gasteiger partial charge is 0.495 e. The van der Waals surface area contributed by atoms with E-state index in [4.69, 9.17) is 10.5 Å². The van der Waals surface area contributed by atoms with Crippen molar-refractivity contribution in [2.24, 2.45) is 0 Å². The van der Waals surface area contributed by atoms with Crippen LogP contribution in [-0.4, -0.2) is 23.8 Å². The van der Waals surface area contributed by atoms with Crippen LogP contribution >= 0.6 is 23.1 Å². The highest BCUT2D eigenvalue weighted by Gasteiger charge is 2.07. The van der Waals surface area contributed by atoms with Crippen molar-refractivity contribution in [3.8, 4) is 5.75 Å². The number of ether oxygens (including phenoxy) is 1. The van der Waals surface area contributed by atoms with Crippen molar-refractivity contribution in [2.45, 2.75) is 10.6 Å². The third-order valence-electron chi connectivity index (χ3n) is 2.46. The van der Waals surface area contributed by atoms with Gasteiger partial charge in [0, 0.05) is 12.2 Å². The van der Waals surface area contributed by atoms with Crippen molar-refractivity contribution in [2.75, 3.05) is 23.9 Å². The highest BCUT2D eigenvalue weighted by atomic mass is 32.2. The summed E-state index contributed by atoms with van der Waals surface area (Å²) in [5.41, 5.74) is 6.23. The summed E-state index contributed by atoms with van der Waals surface area (Å²) in [5.74, 6) is 1.30. The number of benzene rings is 1. The summed E-state index contributed by atoms with van der Waals surface area (Å²) in [6, 6.07) is 7.34. The number of aromatic nitrogens is 1. The zero-order valence-electron chi connectivity index (χ0n) is 11.0. The molecule has 0 bridgehead atoms. The maximum Gasteiger partial charge on any atom is 0.225 e. The lowest BCUT2D eigenvalue weighted by atomic mass is 10.3. The standard InChI is InChI=1S/C13H15N3O2S2/c1-18-10-5-3-2-4-9(10)16-11(17)6-7-19-12-8-15-13(14)20-12/h2-5,8H,6-7H2,1H3,(H2,14,15)(H,16,17). The van der Waals surface area contributed by atoms with E-state index in [1.54, 1.807) is 25.1 Å². The van der Waals surface area contributed by atoms with E-state index in [2.05, 4.69) is 10.3 Å². The number of nitrogens with one attached hydrogen (secondary N) is 1. The lowest BCUT2D eigenvalue weighted by Crippen LogP contribution is -2.12. The van der Waals surface area contributed by atoms with Crippen LogP contribution in [0.2, 0.25) is 0 Å². The van der Waals surface area contributed by atoms with Gasteiger partial charge in [-0.3, -0.25) is 4.79 Å². The summed E-state index contributed by atoms with van der Waals surface area (Å²) < 4.78 is 6.20. The molecule has 0 aliphatic carbocycles. The second-order valence-corrected chi connectivity index (χ2v) is 6.32. The van der Waals surface area contributed by atoms with Gasteiger partial charge >= 0.3 is 0 Å². The molecule has 0 saturated carbocycles. The Bertz CT molecular complexity index is 587. The van der Waals surface area contributed by atoms with Gasteiger partial charge in [-0.25, -0.2) is 4.98 Å². The molecule has 0 saturated heterocycles. The number of hydrogen-bond donors (Lipinski definition) is 2. The number of nitrogens with two attached hydrogens (primary N) is 1. The molecule has 1 aromatic heterocycles. The van der Waals surface area contributed by atoms with Gasteiger partial charge in [0.2, 0.25) is 5.91 Å². The number of hydrogen-bond acceptors (Lipinski definition) is 6. The molecule has 0 spiro atoms. The van der Waals surface area contributed by atoms with Gasteiger partial charge in [-0.1, -0.05) is 23.5 Å². The predicted octanol–water partition coefficient (Wildman–Crippen LogP) is 2.85. The summed E-state index contributed by atoms with van der Waals surface area (Å²) in [4.78, 5) is 15.8. The molecule has 3 N–H and O–H groups in total. The Labute approximate surface area is 125 Å². The molecule has 20 heavy (non-hydrogen) atoms. The minimum atomic E-state index is -0.0421. The molecule has 1 aromatic carbocycles. The summed E-state index contributed by atoms with van der Waals surface area (Å²) in [7, 11) is 1.58. The van der Waals surface area contributed by atoms with Crippen LogP contribution in [0.15, 0.2) is 34.7 Å². The van der Waals surface area contributed by atoms with Crippen LogP contribution < -0.4 is 15.8 Å².